The number of hydrogen-bond acceptors (Lipinski definition) is 6. The topological polar surface area (TPSA) is 75.9 Å². The highest BCUT2D eigenvalue weighted by Crippen LogP contribution is 2.37. The van der Waals surface area contributed by atoms with Crippen LogP contribution in [0.4, 0.5) is 5.82 Å². The summed E-state index contributed by atoms with van der Waals surface area (Å²) in [5, 5.41) is 20.9. The van der Waals surface area contributed by atoms with Gasteiger partial charge in [-0.25, -0.2) is 9.97 Å². The van der Waals surface area contributed by atoms with Crippen LogP contribution in [0.5, 0.6) is 0 Å². The van der Waals surface area contributed by atoms with E-state index < -0.39 is 6.10 Å². The summed E-state index contributed by atoms with van der Waals surface area (Å²) in [6, 6.07) is 10.2. The first-order valence-corrected chi connectivity index (χ1v) is 9.21. The van der Waals surface area contributed by atoms with E-state index in [1.165, 1.54) is 0 Å². The Morgan fingerprint density at radius 1 is 1.23 bits per heavy atom. The highest BCUT2D eigenvalue weighted by molar-refractivity contribution is 7.17. The molecule has 0 aliphatic heterocycles. The average molecular weight is 365 g/mol. The predicted octanol–water partition coefficient (Wildman–Crippen LogP) is 3.55. The quantitative estimate of drug-likeness (QED) is 0.566. The highest BCUT2D eigenvalue weighted by atomic mass is 32.1. The number of benzene rings is 1. The van der Waals surface area contributed by atoms with Gasteiger partial charge in [-0.1, -0.05) is 30.3 Å². The molecule has 1 unspecified atom stereocenters. The standard InChI is InChI=1S/C19H19N5OS/c1-12-22-18(20-9-16(25)14-8-21-24(2)10-14)17-15(11-26-19(17)23-12)13-6-4-3-5-7-13/h3-8,10-11,16,25H,9H2,1-2H3,(H,20,22,23). The minimum absolute atomic E-state index is 0.349. The number of aliphatic hydroxyl groups excluding tert-OH is 1. The molecular formula is C19H19N5OS. The van der Waals surface area contributed by atoms with Gasteiger partial charge in [-0.05, 0) is 12.5 Å². The second-order valence-electron chi connectivity index (χ2n) is 6.16. The molecule has 0 saturated heterocycles. The van der Waals surface area contributed by atoms with Gasteiger partial charge >= 0.3 is 0 Å². The van der Waals surface area contributed by atoms with Crippen molar-refractivity contribution in [3.05, 3.63) is 59.5 Å². The number of fused-ring (bicyclic) bond motifs is 1. The summed E-state index contributed by atoms with van der Waals surface area (Å²) < 4.78 is 1.68. The fourth-order valence-electron chi connectivity index (χ4n) is 2.93. The summed E-state index contributed by atoms with van der Waals surface area (Å²) in [6.07, 6.45) is 2.83. The Balaban J connectivity index is 1.68. The summed E-state index contributed by atoms with van der Waals surface area (Å²) in [4.78, 5) is 10.1. The van der Waals surface area contributed by atoms with Crippen LogP contribution in [0, 0.1) is 6.92 Å². The maximum atomic E-state index is 10.4. The normalized spacial score (nSPS) is 12.4. The molecule has 3 heterocycles. The molecule has 1 aromatic carbocycles. The van der Waals surface area contributed by atoms with Crippen LogP contribution < -0.4 is 5.32 Å². The fraction of sp³-hybridized carbons (Fsp3) is 0.211. The minimum Gasteiger partial charge on any atom is -0.386 e. The fourth-order valence-corrected chi connectivity index (χ4v) is 3.92. The number of nitrogens with zero attached hydrogens (tertiary/aromatic N) is 4. The Kier molecular flexibility index (Phi) is 4.40. The lowest BCUT2D eigenvalue weighted by Gasteiger charge is -2.13. The Morgan fingerprint density at radius 3 is 2.77 bits per heavy atom. The maximum absolute atomic E-state index is 10.4. The molecule has 0 aliphatic carbocycles. The van der Waals surface area contributed by atoms with Gasteiger partial charge in [-0.15, -0.1) is 11.3 Å². The van der Waals surface area contributed by atoms with Crippen molar-refractivity contribution in [2.45, 2.75) is 13.0 Å². The zero-order valence-corrected chi connectivity index (χ0v) is 15.4. The number of nitrogens with one attached hydrogen (secondary N) is 1. The third-order valence-corrected chi connectivity index (χ3v) is 5.07. The molecule has 0 amide bonds. The van der Waals surface area contributed by atoms with E-state index in [1.54, 1.807) is 22.2 Å². The van der Waals surface area contributed by atoms with Crippen molar-refractivity contribution < 1.29 is 5.11 Å². The lowest BCUT2D eigenvalue weighted by Crippen LogP contribution is -2.13. The van der Waals surface area contributed by atoms with Gasteiger partial charge in [0, 0.05) is 36.3 Å². The first-order valence-electron chi connectivity index (χ1n) is 8.33. The minimum atomic E-state index is -0.659. The number of hydrogen-bond donors (Lipinski definition) is 2. The van der Waals surface area contributed by atoms with Crippen LogP contribution >= 0.6 is 11.3 Å². The van der Waals surface area contributed by atoms with Crippen LogP contribution in [0.25, 0.3) is 21.3 Å². The van der Waals surface area contributed by atoms with Crippen LogP contribution in [0.2, 0.25) is 0 Å². The summed E-state index contributed by atoms with van der Waals surface area (Å²) in [6.45, 7) is 2.23. The van der Waals surface area contributed by atoms with Crippen LogP contribution in [0.15, 0.2) is 48.1 Å². The zero-order valence-electron chi connectivity index (χ0n) is 14.5. The van der Waals surface area contributed by atoms with Crippen molar-refractivity contribution in [2.75, 3.05) is 11.9 Å². The van der Waals surface area contributed by atoms with Crippen LogP contribution in [-0.4, -0.2) is 31.4 Å². The van der Waals surface area contributed by atoms with Gasteiger partial charge < -0.3 is 10.4 Å². The van der Waals surface area contributed by atoms with E-state index in [-0.39, 0.29) is 0 Å². The molecule has 3 aromatic heterocycles. The molecule has 4 rings (SSSR count). The van der Waals surface area contributed by atoms with Gasteiger partial charge in [0.2, 0.25) is 0 Å². The second kappa shape index (κ2) is 6.86. The van der Waals surface area contributed by atoms with Gasteiger partial charge in [-0.2, -0.15) is 5.10 Å². The SMILES string of the molecule is Cc1nc(NCC(O)c2cnn(C)c2)c2c(-c3ccccc3)csc2n1. The molecule has 1 atom stereocenters. The Hall–Kier alpha value is -2.77. The van der Waals surface area contributed by atoms with E-state index in [1.807, 2.05) is 38.4 Å². The van der Waals surface area contributed by atoms with E-state index in [0.29, 0.717) is 12.4 Å². The van der Waals surface area contributed by atoms with Gasteiger partial charge in [0.25, 0.3) is 0 Å². The third kappa shape index (κ3) is 3.18. The van der Waals surface area contributed by atoms with Crippen molar-refractivity contribution in [2.24, 2.45) is 7.05 Å². The number of aliphatic hydroxyl groups is 1. The van der Waals surface area contributed by atoms with E-state index in [0.717, 1.165) is 32.7 Å². The largest absolute Gasteiger partial charge is 0.386 e. The molecular weight excluding hydrogens is 346 g/mol. The van der Waals surface area contributed by atoms with Crippen molar-refractivity contribution in [3.8, 4) is 11.1 Å². The summed E-state index contributed by atoms with van der Waals surface area (Å²) in [5.41, 5.74) is 3.00. The van der Waals surface area contributed by atoms with E-state index in [9.17, 15) is 5.11 Å². The van der Waals surface area contributed by atoms with Crippen molar-refractivity contribution in [3.63, 3.8) is 0 Å². The van der Waals surface area contributed by atoms with E-state index in [2.05, 4.69) is 37.9 Å². The first kappa shape index (κ1) is 16.7. The Labute approximate surface area is 155 Å². The molecule has 7 heteroatoms. The van der Waals surface area contributed by atoms with Crippen LogP contribution in [0.1, 0.15) is 17.5 Å². The second-order valence-corrected chi connectivity index (χ2v) is 7.02. The van der Waals surface area contributed by atoms with Crippen molar-refractivity contribution >= 4 is 27.4 Å². The maximum Gasteiger partial charge on any atom is 0.139 e. The number of rotatable bonds is 5. The molecule has 0 bridgehead atoms. The zero-order chi connectivity index (χ0) is 18.1. The number of anilines is 1. The van der Waals surface area contributed by atoms with Crippen LogP contribution in [-0.2, 0) is 7.05 Å². The van der Waals surface area contributed by atoms with Crippen molar-refractivity contribution in [1.29, 1.82) is 0 Å². The Morgan fingerprint density at radius 2 is 2.04 bits per heavy atom. The summed E-state index contributed by atoms with van der Waals surface area (Å²) in [7, 11) is 1.83. The molecule has 4 aromatic rings. The molecule has 0 aliphatic rings. The average Bonchev–Trinajstić information content (AvgIpc) is 3.26. The molecule has 132 valence electrons. The van der Waals surface area contributed by atoms with Gasteiger partial charge in [0.15, 0.2) is 0 Å². The molecule has 0 spiro atoms. The molecule has 0 saturated carbocycles. The molecule has 6 nitrogen and oxygen atoms in total. The summed E-state index contributed by atoms with van der Waals surface area (Å²) >= 11 is 1.60. The molecule has 0 radical (unpaired) electrons. The van der Waals surface area contributed by atoms with Crippen LogP contribution in [0.3, 0.4) is 0 Å². The molecule has 26 heavy (non-hydrogen) atoms. The van der Waals surface area contributed by atoms with E-state index >= 15 is 0 Å². The summed E-state index contributed by atoms with van der Waals surface area (Å²) in [5.74, 6) is 1.45. The Bertz CT molecular complexity index is 1040. The van der Waals surface area contributed by atoms with Gasteiger partial charge in [0.1, 0.15) is 16.5 Å². The monoisotopic (exact) mass is 365 g/mol. The van der Waals surface area contributed by atoms with Gasteiger partial charge in [-0.3, -0.25) is 4.68 Å². The van der Waals surface area contributed by atoms with E-state index in [4.69, 9.17) is 0 Å². The number of thiophene rings is 1. The highest BCUT2D eigenvalue weighted by Gasteiger charge is 2.16. The molecule has 2 N–H and O–H groups in total. The third-order valence-electron chi connectivity index (χ3n) is 4.20. The molecule has 0 fully saturated rings. The smallest absolute Gasteiger partial charge is 0.139 e. The van der Waals surface area contributed by atoms with Crippen molar-refractivity contribution in [1.82, 2.24) is 19.7 Å². The number of aromatic nitrogens is 4. The van der Waals surface area contributed by atoms with Gasteiger partial charge in [0.05, 0.1) is 17.7 Å². The lowest BCUT2D eigenvalue weighted by molar-refractivity contribution is 0.191. The number of aryl methyl sites for hydroxylation is 2. The lowest BCUT2D eigenvalue weighted by atomic mass is 10.1. The predicted molar refractivity (Wildman–Crippen MR) is 104 cm³/mol. The first-order chi connectivity index (χ1) is 12.6.